The zero-order valence-corrected chi connectivity index (χ0v) is 8.67. The van der Waals surface area contributed by atoms with Gasteiger partial charge in [-0.05, 0) is 6.92 Å². The lowest BCUT2D eigenvalue weighted by Gasteiger charge is -2.28. The molecular weight excluding hydrogens is 184 g/mol. The monoisotopic (exact) mass is 198 g/mol. The van der Waals surface area contributed by atoms with E-state index in [1.54, 1.807) is 0 Å². The van der Waals surface area contributed by atoms with E-state index in [4.69, 9.17) is 11.6 Å². The van der Waals surface area contributed by atoms with Gasteiger partial charge in [0.15, 0.2) is 0 Å². The second kappa shape index (κ2) is 4.38. The molecule has 72 valence electrons. The van der Waals surface area contributed by atoms with Crippen molar-refractivity contribution >= 4 is 11.6 Å². The number of halogens is 1. The summed E-state index contributed by atoms with van der Waals surface area (Å²) in [6.07, 6.45) is 5.96. The fraction of sp³-hybridized carbons (Fsp3) is 0.400. The Balaban J connectivity index is 2.66. The molecule has 0 fully saturated rings. The van der Waals surface area contributed by atoms with Gasteiger partial charge < -0.3 is 9.80 Å². The van der Waals surface area contributed by atoms with Gasteiger partial charge in [-0.2, -0.15) is 0 Å². The van der Waals surface area contributed by atoms with Crippen molar-refractivity contribution in [2.45, 2.75) is 13.1 Å². The Morgan fingerprint density at radius 2 is 2.08 bits per heavy atom. The predicted molar refractivity (Wildman–Crippen MR) is 57.2 cm³/mol. The first-order chi connectivity index (χ1) is 6.20. The number of nitrogens with zero attached hydrogens (tertiary/aromatic N) is 2. The molecule has 1 heterocycles. The van der Waals surface area contributed by atoms with E-state index in [2.05, 4.69) is 29.9 Å². The molecule has 1 aliphatic heterocycles. The molecule has 13 heavy (non-hydrogen) atoms. The molecule has 1 atom stereocenters. The zero-order chi connectivity index (χ0) is 9.84. The summed E-state index contributed by atoms with van der Waals surface area (Å²) < 4.78 is 0. The molecule has 0 bridgehead atoms. The molecule has 0 aromatic heterocycles. The van der Waals surface area contributed by atoms with Gasteiger partial charge in [0.05, 0.1) is 6.17 Å². The summed E-state index contributed by atoms with van der Waals surface area (Å²) in [5, 5.41) is 0.772. The van der Waals surface area contributed by atoms with Crippen molar-refractivity contribution in [3.8, 4) is 0 Å². The van der Waals surface area contributed by atoms with Crippen LogP contribution in [-0.2, 0) is 0 Å². The summed E-state index contributed by atoms with van der Waals surface area (Å²) in [5.74, 6) is 0. The van der Waals surface area contributed by atoms with Crippen LogP contribution in [0, 0.1) is 0 Å². The molecule has 0 radical (unpaired) electrons. The molecule has 0 aromatic rings. The minimum Gasteiger partial charge on any atom is -0.351 e. The van der Waals surface area contributed by atoms with Crippen molar-refractivity contribution in [2.24, 2.45) is 0 Å². The highest BCUT2D eigenvalue weighted by Gasteiger charge is 2.25. The Labute approximate surface area is 84.8 Å². The van der Waals surface area contributed by atoms with Gasteiger partial charge >= 0.3 is 0 Å². The highest BCUT2D eigenvalue weighted by atomic mass is 35.5. The highest BCUT2D eigenvalue weighted by molar-refractivity contribution is 6.29. The smallest absolute Gasteiger partial charge is 0.122 e. The third-order valence-corrected chi connectivity index (χ3v) is 2.46. The molecule has 3 heteroatoms. The van der Waals surface area contributed by atoms with Crippen LogP contribution in [0.25, 0.3) is 0 Å². The van der Waals surface area contributed by atoms with Gasteiger partial charge in [0.25, 0.3) is 0 Å². The Bertz CT molecular complexity index is 235. The first kappa shape index (κ1) is 10.2. The van der Waals surface area contributed by atoms with Crippen LogP contribution in [0.5, 0.6) is 0 Å². The molecule has 1 unspecified atom stereocenters. The van der Waals surface area contributed by atoms with Crippen LogP contribution in [0.3, 0.4) is 0 Å². The summed E-state index contributed by atoms with van der Waals surface area (Å²) in [6, 6.07) is 0. The molecule has 2 nitrogen and oxygen atoms in total. The lowest BCUT2D eigenvalue weighted by molar-refractivity contribution is 0.192. The molecular formula is C10H15ClN2. The largest absolute Gasteiger partial charge is 0.351 e. The van der Waals surface area contributed by atoms with Crippen LogP contribution >= 0.6 is 11.6 Å². The normalized spacial score (nSPS) is 21.7. The Morgan fingerprint density at radius 1 is 1.46 bits per heavy atom. The van der Waals surface area contributed by atoms with Crippen LogP contribution in [0.2, 0.25) is 0 Å². The van der Waals surface area contributed by atoms with Gasteiger partial charge in [0, 0.05) is 19.3 Å². The maximum absolute atomic E-state index is 6.05. The van der Waals surface area contributed by atoms with E-state index < -0.39 is 0 Å². The number of hydrogen-bond donors (Lipinski definition) is 0. The van der Waals surface area contributed by atoms with E-state index >= 15 is 0 Å². The minimum absolute atomic E-state index is 0.295. The van der Waals surface area contributed by atoms with Crippen LogP contribution in [0.1, 0.15) is 6.92 Å². The molecule has 1 aliphatic rings. The standard InChI is InChI=1S/C10H15ClN2/c1-4-6-12-8-10(11)13(7-5-2)9(12)3/h4-5,8-9H,1-2,6-7H2,3H3. The Morgan fingerprint density at radius 3 is 2.62 bits per heavy atom. The van der Waals surface area contributed by atoms with Crippen molar-refractivity contribution in [2.75, 3.05) is 13.1 Å². The summed E-state index contributed by atoms with van der Waals surface area (Å²) in [6.45, 7) is 11.1. The van der Waals surface area contributed by atoms with E-state index in [9.17, 15) is 0 Å². The van der Waals surface area contributed by atoms with Crippen molar-refractivity contribution in [1.82, 2.24) is 9.80 Å². The number of rotatable bonds is 4. The SMILES string of the molecule is C=CCN1C=C(Cl)N(CC=C)C1C. The van der Waals surface area contributed by atoms with Crippen LogP contribution in [-0.4, -0.2) is 29.1 Å². The summed E-state index contributed by atoms with van der Waals surface area (Å²) in [4.78, 5) is 4.22. The lowest BCUT2D eigenvalue weighted by atomic mass is 10.4. The van der Waals surface area contributed by atoms with Gasteiger partial charge in [-0.15, -0.1) is 13.2 Å². The second-order valence-corrected chi connectivity index (χ2v) is 3.40. The summed E-state index contributed by atoms with van der Waals surface area (Å²) in [5.41, 5.74) is 0. The first-order valence-electron chi connectivity index (χ1n) is 4.32. The maximum Gasteiger partial charge on any atom is 0.122 e. The van der Waals surface area contributed by atoms with Gasteiger partial charge in [-0.25, -0.2) is 0 Å². The number of hydrogen-bond acceptors (Lipinski definition) is 2. The fourth-order valence-corrected chi connectivity index (χ4v) is 1.75. The average Bonchev–Trinajstić information content (AvgIpc) is 2.34. The highest BCUT2D eigenvalue weighted by Crippen LogP contribution is 2.24. The van der Waals surface area contributed by atoms with Crippen molar-refractivity contribution in [3.63, 3.8) is 0 Å². The quantitative estimate of drug-likeness (QED) is 0.506. The topological polar surface area (TPSA) is 6.48 Å². The average molecular weight is 199 g/mol. The third-order valence-electron chi connectivity index (χ3n) is 2.14. The molecule has 1 rings (SSSR count). The molecule has 0 amide bonds. The van der Waals surface area contributed by atoms with Crippen LogP contribution in [0.4, 0.5) is 0 Å². The van der Waals surface area contributed by atoms with Crippen LogP contribution in [0.15, 0.2) is 36.7 Å². The Kier molecular flexibility index (Phi) is 3.43. The van der Waals surface area contributed by atoms with Crippen molar-refractivity contribution < 1.29 is 0 Å². The summed E-state index contributed by atoms with van der Waals surface area (Å²) >= 11 is 6.05. The van der Waals surface area contributed by atoms with Gasteiger partial charge in [-0.3, -0.25) is 0 Å². The zero-order valence-electron chi connectivity index (χ0n) is 7.91. The molecule has 0 saturated carbocycles. The molecule has 0 saturated heterocycles. The van der Waals surface area contributed by atoms with Crippen molar-refractivity contribution in [3.05, 3.63) is 36.7 Å². The van der Waals surface area contributed by atoms with E-state index in [1.807, 2.05) is 18.4 Å². The van der Waals surface area contributed by atoms with E-state index in [0.29, 0.717) is 6.17 Å². The van der Waals surface area contributed by atoms with E-state index in [1.165, 1.54) is 0 Å². The fourth-order valence-electron chi connectivity index (χ4n) is 1.41. The molecule has 0 aromatic carbocycles. The predicted octanol–water partition coefficient (Wildman–Crippen LogP) is 2.36. The molecule has 0 aliphatic carbocycles. The minimum atomic E-state index is 0.295. The molecule has 0 spiro atoms. The van der Waals surface area contributed by atoms with Crippen molar-refractivity contribution in [1.29, 1.82) is 0 Å². The van der Waals surface area contributed by atoms with E-state index in [-0.39, 0.29) is 0 Å². The third kappa shape index (κ3) is 2.07. The second-order valence-electron chi connectivity index (χ2n) is 3.01. The first-order valence-corrected chi connectivity index (χ1v) is 4.70. The van der Waals surface area contributed by atoms with Gasteiger partial charge in [0.2, 0.25) is 0 Å². The Hall–Kier alpha value is -0.890. The summed E-state index contributed by atoms with van der Waals surface area (Å²) in [7, 11) is 0. The van der Waals surface area contributed by atoms with Crippen LogP contribution < -0.4 is 0 Å². The molecule has 0 N–H and O–H groups in total. The van der Waals surface area contributed by atoms with E-state index in [0.717, 1.165) is 18.2 Å². The van der Waals surface area contributed by atoms with Gasteiger partial charge in [-0.1, -0.05) is 23.8 Å². The lowest BCUT2D eigenvalue weighted by Crippen LogP contribution is -2.36. The van der Waals surface area contributed by atoms with Gasteiger partial charge in [0.1, 0.15) is 5.16 Å². The maximum atomic E-state index is 6.05.